The quantitative estimate of drug-likeness (QED) is 0.749. The van der Waals surface area contributed by atoms with E-state index >= 15 is 0 Å². The van der Waals surface area contributed by atoms with Crippen LogP contribution in [0.15, 0.2) is 46.9 Å². The second kappa shape index (κ2) is 4.62. The Bertz CT molecular complexity index is 532. The zero-order chi connectivity index (χ0) is 11.5. The number of hydrogen-bond donors (Lipinski definition) is 0. The van der Waals surface area contributed by atoms with Crippen molar-refractivity contribution in [3.63, 3.8) is 0 Å². The highest BCUT2D eigenvalue weighted by Crippen LogP contribution is 2.25. The third-order valence-electron chi connectivity index (χ3n) is 2.47. The zero-order valence-corrected chi connectivity index (χ0v) is 10.5. The van der Waals surface area contributed by atoms with E-state index in [1.54, 1.807) is 0 Å². The third kappa shape index (κ3) is 2.22. The second-order valence-electron chi connectivity index (χ2n) is 3.72. The number of carbonyl (C=O) groups is 1. The van der Waals surface area contributed by atoms with Gasteiger partial charge in [-0.05, 0) is 30.2 Å². The Kier molecular flexibility index (Phi) is 3.20. The van der Waals surface area contributed by atoms with Crippen molar-refractivity contribution in [2.75, 3.05) is 0 Å². The van der Waals surface area contributed by atoms with Crippen LogP contribution >= 0.6 is 15.9 Å². The Morgan fingerprint density at radius 1 is 1.06 bits per heavy atom. The van der Waals surface area contributed by atoms with E-state index in [1.165, 1.54) is 5.56 Å². The Morgan fingerprint density at radius 2 is 1.81 bits per heavy atom. The molecule has 0 atom stereocenters. The van der Waals surface area contributed by atoms with Gasteiger partial charge in [0.15, 0.2) is 6.29 Å². The average Bonchev–Trinajstić information content (AvgIpc) is 2.29. The highest BCUT2D eigenvalue weighted by molar-refractivity contribution is 9.10. The van der Waals surface area contributed by atoms with Gasteiger partial charge in [0.25, 0.3) is 0 Å². The molecule has 0 bridgehead atoms. The molecule has 80 valence electrons. The molecule has 0 aliphatic heterocycles. The summed E-state index contributed by atoms with van der Waals surface area (Å²) < 4.78 is 0.832. The van der Waals surface area contributed by atoms with Crippen LogP contribution in [0, 0.1) is 6.92 Å². The molecule has 0 saturated carbocycles. The van der Waals surface area contributed by atoms with Crippen LogP contribution in [0.4, 0.5) is 0 Å². The topological polar surface area (TPSA) is 17.1 Å². The molecule has 2 heteroatoms. The van der Waals surface area contributed by atoms with Crippen molar-refractivity contribution in [2.24, 2.45) is 0 Å². The maximum absolute atomic E-state index is 10.8. The summed E-state index contributed by atoms with van der Waals surface area (Å²) in [6.45, 7) is 2.06. The fraction of sp³-hybridized carbons (Fsp3) is 0.0714. The van der Waals surface area contributed by atoms with Gasteiger partial charge in [0.1, 0.15) is 0 Å². The first kappa shape index (κ1) is 11.1. The molecular weight excluding hydrogens is 264 g/mol. The Balaban J connectivity index is 2.52. The van der Waals surface area contributed by atoms with Crippen LogP contribution in [0.1, 0.15) is 15.9 Å². The first-order chi connectivity index (χ1) is 7.70. The van der Waals surface area contributed by atoms with Crippen molar-refractivity contribution in [3.8, 4) is 11.1 Å². The lowest BCUT2D eigenvalue weighted by atomic mass is 10.0. The van der Waals surface area contributed by atoms with E-state index in [1.807, 2.05) is 30.3 Å². The Hall–Kier alpha value is -1.41. The molecule has 0 unspecified atom stereocenters. The summed E-state index contributed by atoms with van der Waals surface area (Å²) in [4.78, 5) is 10.8. The highest BCUT2D eigenvalue weighted by atomic mass is 79.9. The largest absolute Gasteiger partial charge is 0.298 e. The van der Waals surface area contributed by atoms with Crippen LogP contribution < -0.4 is 0 Å². The van der Waals surface area contributed by atoms with Gasteiger partial charge in [0.2, 0.25) is 0 Å². The summed E-state index contributed by atoms with van der Waals surface area (Å²) in [7, 11) is 0. The van der Waals surface area contributed by atoms with Crippen molar-refractivity contribution >= 4 is 22.2 Å². The van der Waals surface area contributed by atoms with Crippen molar-refractivity contribution in [1.82, 2.24) is 0 Å². The minimum absolute atomic E-state index is 0.680. The SMILES string of the molecule is Cc1cccc(-c2ccc(Br)c(C=O)c2)c1. The molecule has 0 aromatic heterocycles. The number of aryl methyl sites for hydroxylation is 1. The lowest BCUT2D eigenvalue weighted by Gasteiger charge is -2.04. The molecule has 0 fully saturated rings. The third-order valence-corrected chi connectivity index (χ3v) is 3.20. The van der Waals surface area contributed by atoms with E-state index in [0.29, 0.717) is 5.56 Å². The second-order valence-corrected chi connectivity index (χ2v) is 4.58. The van der Waals surface area contributed by atoms with Crippen molar-refractivity contribution in [1.29, 1.82) is 0 Å². The van der Waals surface area contributed by atoms with Gasteiger partial charge in [0, 0.05) is 10.0 Å². The van der Waals surface area contributed by atoms with E-state index < -0.39 is 0 Å². The molecule has 0 aliphatic rings. The summed E-state index contributed by atoms with van der Waals surface area (Å²) in [6, 6.07) is 14.0. The van der Waals surface area contributed by atoms with Crippen LogP contribution in [-0.2, 0) is 0 Å². The predicted octanol–water partition coefficient (Wildman–Crippen LogP) is 4.24. The number of halogens is 1. The van der Waals surface area contributed by atoms with Crippen molar-refractivity contribution in [3.05, 3.63) is 58.1 Å². The summed E-state index contributed by atoms with van der Waals surface area (Å²) in [6.07, 6.45) is 0.864. The fourth-order valence-electron chi connectivity index (χ4n) is 1.64. The monoisotopic (exact) mass is 274 g/mol. The van der Waals surface area contributed by atoms with Gasteiger partial charge in [0.05, 0.1) is 0 Å². The van der Waals surface area contributed by atoms with Gasteiger partial charge in [-0.3, -0.25) is 4.79 Å². The van der Waals surface area contributed by atoms with Crippen LogP contribution in [0.5, 0.6) is 0 Å². The van der Waals surface area contributed by atoms with E-state index in [4.69, 9.17) is 0 Å². The summed E-state index contributed by atoms with van der Waals surface area (Å²) in [5, 5.41) is 0. The minimum Gasteiger partial charge on any atom is -0.298 e. The number of hydrogen-bond acceptors (Lipinski definition) is 1. The van der Waals surface area contributed by atoms with Crippen LogP contribution in [0.2, 0.25) is 0 Å². The molecule has 0 heterocycles. The van der Waals surface area contributed by atoms with Crippen LogP contribution in [0.25, 0.3) is 11.1 Å². The highest BCUT2D eigenvalue weighted by Gasteiger charge is 2.02. The Morgan fingerprint density at radius 3 is 2.50 bits per heavy atom. The van der Waals surface area contributed by atoms with Crippen LogP contribution in [0.3, 0.4) is 0 Å². The van der Waals surface area contributed by atoms with Gasteiger partial charge in [-0.2, -0.15) is 0 Å². The number of aldehydes is 1. The lowest BCUT2D eigenvalue weighted by Crippen LogP contribution is -1.85. The zero-order valence-electron chi connectivity index (χ0n) is 8.91. The average molecular weight is 275 g/mol. The minimum atomic E-state index is 0.680. The normalized spacial score (nSPS) is 10.1. The fourth-order valence-corrected chi connectivity index (χ4v) is 1.98. The molecule has 2 rings (SSSR count). The number of benzene rings is 2. The molecule has 16 heavy (non-hydrogen) atoms. The maximum Gasteiger partial charge on any atom is 0.151 e. The smallest absolute Gasteiger partial charge is 0.151 e. The Labute approximate surface area is 103 Å². The molecule has 0 aliphatic carbocycles. The molecule has 0 saturated heterocycles. The van der Waals surface area contributed by atoms with Gasteiger partial charge >= 0.3 is 0 Å². The summed E-state index contributed by atoms with van der Waals surface area (Å²) in [5.74, 6) is 0. The first-order valence-electron chi connectivity index (χ1n) is 5.02. The van der Waals surface area contributed by atoms with E-state index in [-0.39, 0.29) is 0 Å². The van der Waals surface area contributed by atoms with E-state index in [0.717, 1.165) is 21.9 Å². The lowest BCUT2D eigenvalue weighted by molar-refractivity contribution is 0.112. The molecule has 2 aromatic carbocycles. The van der Waals surface area contributed by atoms with Gasteiger partial charge in [-0.25, -0.2) is 0 Å². The standard InChI is InChI=1S/C14H11BrO/c1-10-3-2-4-11(7-10)12-5-6-14(15)13(8-12)9-16/h2-9H,1H3. The predicted molar refractivity (Wildman–Crippen MR) is 69.7 cm³/mol. The van der Waals surface area contributed by atoms with Gasteiger partial charge in [-0.15, -0.1) is 0 Å². The first-order valence-corrected chi connectivity index (χ1v) is 5.82. The van der Waals surface area contributed by atoms with Crippen LogP contribution in [-0.4, -0.2) is 6.29 Å². The molecule has 2 aromatic rings. The molecular formula is C14H11BrO. The van der Waals surface area contributed by atoms with E-state index in [2.05, 4.69) is 35.0 Å². The van der Waals surface area contributed by atoms with Gasteiger partial charge < -0.3 is 0 Å². The maximum atomic E-state index is 10.8. The molecule has 0 radical (unpaired) electrons. The molecule has 1 nitrogen and oxygen atoms in total. The van der Waals surface area contributed by atoms with Crippen molar-refractivity contribution < 1.29 is 4.79 Å². The summed E-state index contributed by atoms with van der Waals surface area (Å²) in [5.41, 5.74) is 4.09. The number of rotatable bonds is 2. The van der Waals surface area contributed by atoms with Gasteiger partial charge in [-0.1, -0.05) is 51.8 Å². The molecule has 0 amide bonds. The number of carbonyl (C=O) groups excluding carboxylic acids is 1. The van der Waals surface area contributed by atoms with Crippen molar-refractivity contribution in [2.45, 2.75) is 6.92 Å². The molecule has 0 N–H and O–H groups in total. The summed E-state index contributed by atoms with van der Waals surface area (Å²) >= 11 is 3.35. The molecule has 0 spiro atoms. The van der Waals surface area contributed by atoms with E-state index in [9.17, 15) is 4.79 Å².